The first kappa shape index (κ1) is 18.8. The van der Waals surface area contributed by atoms with Crippen molar-refractivity contribution < 1.29 is 5.11 Å². The number of fused-ring (bicyclic) bond motifs is 1. The topological polar surface area (TPSA) is 140 Å². The number of likely N-dealkylation sites (tertiary alicyclic amines) is 1. The van der Waals surface area contributed by atoms with Gasteiger partial charge >= 0.3 is 5.69 Å². The Bertz CT molecular complexity index is 1240. The van der Waals surface area contributed by atoms with E-state index >= 15 is 0 Å². The number of rotatable bonds is 6. The molecule has 0 radical (unpaired) electrons. The summed E-state index contributed by atoms with van der Waals surface area (Å²) in [5.74, 6) is 0.280. The number of aromatic amines is 2. The van der Waals surface area contributed by atoms with Crippen molar-refractivity contribution in [1.29, 1.82) is 0 Å². The van der Waals surface area contributed by atoms with E-state index in [4.69, 9.17) is 0 Å². The van der Waals surface area contributed by atoms with Crippen molar-refractivity contribution >= 4 is 17.7 Å². The molecule has 0 aromatic carbocycles. The van der Waals surface area contributed by atoms with Gasteiger partial charge in [-0.05, 0) is 44.8 Å². The van der Waals surface area contributed by atoms with E-state index in [9.17, 15) is 9.90 Å². The summed E-state index contributed by atoms with van der Waals surface area (Å²) in [6.07, 6.45) is 7.74. The van der Waals surface area contributed by atoms with Crippen molar-refractivity contribution in [3.05, 3.63) is 33.2 Å². The lowest BCUT2D eigenvalue weighted by atomic mass is 10.2. The van der Waals surface area contributed by atoms with Crippen molar-refractivity contribution in [1.82, 2.24) is 34.4 Å². The smallest absolute Gasteiger partial charge is 0.326 e. The fourth-order valence-electron chi connectivity index (χ4n) is 3.91. The molecular weight excluding hydrogens is 386 g/mol. The number of H-pyrrole nitrogens is 2. The highest BCUT2D eigenvalue weighted by atomic mass is 16.3. The number of anilines is 1. The molecule has 0 spiro atoms. The third kappa shape index (κ3) is 3.67. The van der Waals surface area contributed by atoms with Crippen molar-refractivity contribution in [2.75, 3.05) is 25.0 Å². The van der Waals surface area contributed by atoms with Gasteiger partial charge in [-0.2, -0.15) is 19.6 Å². The van der Waals surface area contributed by atoms with Crippen LogP contribution in [0.3, 0.4) is 0 Å². The zero-order valence-corrected chi connectivity index (χ0v) is 16.8. The van der Waals surface area contributed by atoms with Crippen LogP contribution in [-0.4, -0.2) is 71.3 Å². The molecule has 4 heterocycles. The molecule has 1 unspecified atom stereocenters. The van der Waals surface area contributed by atoms with E-state index in [1.165, 1.54) is 6.42 Å². The summed E-state index contributed by atoms with van der Waals surface area (Å²) in [6.45, 7) is 5.12. The first-order valence-electron chi connectivity index (χ1n) is 10.4. The Morgan fingerprint density at radius 1 is 1.33 bits per heavy atom. The molecule has 3 aromatic heterocycles. The van der Waals surface area contributed by atoms with Crippen LogP contribution < -0.4 is 21.8 Å². The summed E-state index contributed by atoms with van der Waals surface area (Å²) in [4.78, 5) is 32.7. The van der Waals surface area contributed by atoms with Gasteiger partial charge in [-0.15, -0.1) is 0 Å². The molecule has 158 valence electrons. The highest BCUT2D eigenvalue weighted by molar-refractivity contribution is 5.57. The van der Waals surface area contributed by atoms with Gasteiger partial charge in [-0.3, -0.25) is 9.88 Å². The van der Waals surface area contributed by atoms with Gasteiger partial charge < -0.3 is 15.4 Å². The normalized spacial score (nSPS) is 21.2. The van der Waals surface area contributed by atoms with Crippen LogP contribution in [0.5, 0.6) is 5.88 Å². The third-order valence-corrected chi connectivity index (χ3v) is 5.66. The Balaban J connectivity index is 1.54. The Labute approximate surface area is 171 Å². The highest BCUT2D eigenvalue weighted by Gasteiger charge is 2.23. The number of nitrogens with zero attached hydrogens (tertiary/aromatic N) is 6. The summed E-state index contributed by atoms with van der Waals surface area (Å²) < 4.78 is 1.60. The monoisotopic (exact) mass is 411 g/mol. The maximum atomic E-state index is 11.4. The van der Waals surface area contributed by atoms with E-state index in [-0.39, 0.29) is 17.6 Å². The predicted molar refractivity (Wildman–Crippen MR) is 110 cm³/mol. The zero-order chi connectivity index (χ0) is 20.7. The van der Waals surface area contributed by atoms with E-state index in [1.807, 2.05) is 0 Å². The summed E-state index contributed by atoms with van der Waals surface area (Å²) in [5, 5.41) is 18.3. The van der Waals surface area contributed by atoms with Gasteiger partial charge in [0.15, 0.2) is 5.65 Å². The van der Waals surface area contributed by atoms with Crippen molar-refractivity contribution in [3.8, 4) is 5.88 Å². The van der Waals surface area contributed by atoms with Crippen molar-refractivity contribution in [3.63, 3.8) is 0 Å². The SMILES string of the molecule is CCN1CCCC1CNc1nc(=NC2CC2)n2ncc(=Cc3[nH]c(=O)[nH]c3O)c2n1. The molecule has 11 nitrogen and oxygen atoms in total. The zero-order valence-electron chi connectivity index (χ0n) is 16.8. The molecule has 2 fully saturated rings. The minimum absolute atomic E-state index is 0.226. The lowest BCUT2D eigenvalue weighted by molar-refractivity contribution is 0.276. The number of nitrogens with one attached hydrogen (secondary N) is 3. The largest absolute Gasteiger partial charge is 0.493 e. The van der Waals surface area contributed by atoms with E-state index < -0.39 is 5.69 Å². The van der Waals surface area contributed by atoms with Crippen molar-refractivity contribution in [2.45, 2.75) is 44.7 Å². The summed E-state index contributed by atoms with van der Waals surface area (Å²) in [5.41, 5.74) is 0.865. The third-order valence-electron chi connectivity index (χ3n) is 5.66. The molecular formula is C19H25N9O2. The summed E-state index contributed by atoms with van der Waals surface area (Å²) in [7, 11) is 0. The van der Waals surface area contributed by atoms with Crippen LogP contribution >= 0.6 is 0 Å². The van der Waals surface area contributed by atoms with Gasteiger partial charge in [0, 0.05) is 17.8 Å². The van der Waals surface area contributed by atoms with Gasteiger partial charge in [-0.25, -0.2) is 9.79 Å². The summed E-state index contributed by atoms with van der Waals surface area (Å²) in [6, 6.07) is 0.750. The molecule has 1 atom stereocenters. The quantitative estimate of drug-likeness (QED) is 0.423. The lowest BCUT2D eigenvalue weighted by Gasteiger charge is -2.22. The Hall–Kier alpha value is -3.21. The van der Waals surface area contributed by atoms with Crippen LogP contribution in [0, 0.1) is 0 Å². The first-order chi connectivity index (χ1) is 14.6. The molecule has 1 saturated carbocycles. The van der Waals surface area contributed by atoms with Gasteiger partial charge in [0.2, 0.25) is 11.8 Å². The molecule has 1 aliphatic carbocycles. The van der Waals surface area contributed by atoms with E-state index in [0.29, 0.717) is 28.5 Å². The van der Waals surface area contributed by atoms with E-state index in [2.05, 4.69) is 47.2 Å². The fraction of sp³-hybridized carbons (Fsp3) is 0.526. The number of imidazole rings is 1. The molecule has 5 rings (SSSR count). The number of hydrogen-bond acceptors (Lipinski definition) is 8. The van der Waals surface area contributed by atoms with Crippen LogP contribution in [0.15, 0.2) is 16.0 Å². The van der Waals surface area contributed by atoms with E-state index in [0.717, 1.165) is 38.9 Å². The Morgan fingerprint density at radius 2 is 2.20 bits per heavy atom. The maximum absolute atomic E-state index is 11.4. The number of aromatic hydroxyl groups is 1. The van der Waals surface area contributed by atoms with Gasteiger partial charge in [-0.1, -0.05) is 6.92 Å². The highest BCUT2D eigenvalue weighted by Crippen LogP contribution is 2.22. The molecule has 1 saturated heterocycles. The molecule has 30 heavy (non-hydrogen) atoms. The molecule has 1 aliphatic heterocycles. The van der Waals surface area contributed by atoms with Crippen LogP contribution in [0.1, 0.15) is 38.3 Å². The van der Waals surface area contributed by atoms with Crippen LogP contribution in [-0.2, 0) is 0 Å². The predicted octanol–water partition coefficient (Wildman–Crippen LogP) is -0.647. The number of likely N-dealkylation sites (N-methyl/N-ethyl adjacent to an activating group) is 1. The van der Waals surface area contributed by atoms with Gasteiger partial charge in [0.1, 0.15) is 5.69 Å². The second-order valence-corrected chi connectivity index (χ2v) is 7.83. The van der Waals surface area contributed by atoms with Crippen LogP contribution in [0.4, 0.5) is 5.95 Å². The van der Waals surface area contributed by atoms with E-state index in [1.54, 1.807) is 16.8 Å². The standard InChI is InChI=1S/C19H25N9O2/c1-2-27-7-3-4-13(27)10-20-17-24-15-11(8-14-16(29)25-19(30)23-14)9-21-28(15)18(26-17)22-12-5-6-12/h8-9,12-13,29H,2-7,10H2,1H3,(H,20,22,26)(H2,23,25,30). The van der Waals surface area contributed by atoms with Crippen LogP contribution in [0.25, 0.3) is 11.7 Å². The molecule has 4 N–H and O–H groups in total. The van der Waals surface area contributed by atoms with Gasteiger partial charge in [0.25, 0.3) is 5.62 Å². The van der Waals surface area contributed by atoms with Crippen molar-refractivity contribution in [2.24, 2.45) is 4.99 Å². The molecule has 0 amide bonds. The summed E-state index contributed by atoms with van der Waals surface area (Å²) >= 11 is 0. The number of aromatic nitrogens is 6. The molecule has 2 aliphatic rings. The molecule has 0 bridgehead atoms. The second-order valence-electron chi connectivity index (χ2n) is 7.83. The molecule has 3 aromatic rings. The minimum atomic E-state index is -0.478. The average Bonchev–Trinajstić information content (AvgIpc) is 3.13. The Morgan fingerprint density at radius 3 is 2.93 bits per heavy atom. The first-order valence-corrected chi connectivity index (χ1v) is 10.4. The molecule has 11 heteroatoms. The Kier molecular flexibility index (Phi) is 4.74. The maximum Gasteiger partial charge on any atom is 0.326 e. The number of hydrogen-bond donors (Lipinski definition) is 4. The fourth-order valence-corrected chi connectivity index (χ4v) is 3.91. The second kappa shape index (κ2) is 7.56. The van der Waals surface area contributed by atoms with Gasteiger partial charge in [0.05, 0.1) is 12.2 Å². The lowest BCUT2D eigenvalue weighted by Crippen LogP contribution is -2.35. The van der Waals surface area contributed by atoms with Crippen LogP contribution in [0.2, 0.25) is 0 Å². The average molecular weight is 411 g/mol. The minimum Gasteiger partial charge on any atom is -0.493 e.